The van der Waals surface area contributed by atoms with Gasteiger partial charge < -0.3 is 19.7 Å². The van der Waals surface area contributed by atoms with Gasteiger partial charge in [0.1, 0.15) is 17.5 Å². The number of benzene rings is 2. The SMILES string of the molecule is CCCCNC(=O)C(CC)N(Cc1cccc(OC)c1)C(=O)COc1cc(C)c(Br)c(C)c1. The monoisotopic (exact) mass is 518 g/mol. The molecule has 0 aliphatic rings. The van der Waals surface area contributed by atoms with Crippen LogP contribution in [0.25, 0.3) is 0 Å². The van der Waals surface area contributed by atoms with E-state index in [1.165, 1.54) is 0 Å². The van der Waals surface area contributed by atoms with Crippen LogP contribution in [0.15, 0.2) is 40.9 Å². The van der Waals surface area contributed by atoms with Gasteiger partial charge in [-0.15, -0.1) is 0 Å². The number of aryl methyl sites for hydroxylation is 2. The first-order valence-corrected chi connectivity index (χ1v) is 12.2. The van der Waals surface area contributed by atoms with Crippen molar-refractivity contribution in [1.29, 1.82) is 0 Å². The fourth-order valence-corrected chi connectivity index (χ4v) is 3.84. The van der Waals surface area contributed by atoms with E-state index in [-0.39, 0.29) is 25.0 Å². The molecular formula is C26H35BrN2O4. The number of carbonyl (C=O) groups excluding carboxylic acids is 2. The fraction of sp³-hybridized carbons (Fsp3) is 0.462. The minimum absolute atomic E-state index is 0.141. The zero-order valence-corrected chi connectivity index (χ0v) is 21.8. The predicted molar refractivity (Wildman–Crippen MR) is 135 cm³/mol. The third-order valence-corrected chi connectivity index (χ3v) is 6.73. The van der Waals surface area contributed by atoms with Crippen LogP contribution in [0.3, 0.4) is 0 Å². The lowest BCUT2D eigenvalue weighted by Crippen LogP contribution is -2.50. The molecule has 0 aliphatic heterocycles. The number of rotatable bonds is 12. The number of halogens is 1. The number of ether oxygens (including phenoxy) is 2. The maximum Gasteiger partial charge on any atom is 0.261 e. The van der Waals surface area contributed by atoms with Crippen LogP contribution in [-0.2, 0) is 16.1 Å². The molecule has 0 bridgehead atoms. The molecule has 1 atom stereocenters. The standard InChI is InChI=1S/C26H35BrN2O4/c1-6-8-12-28-26(31)23(7-2)29(16-20-10-9-11-21(15-20)32-5)24(30)17-33-22-13-18(3)25(27)19(4)14-22/h9-11,13-15,23H,6-8,12,16-17H2,1-5H3,(H,28,31). The van der Waals surface area contributed by atoms with Crippen molar-refractivity contribution in [1.82, 2.24) is 10.2 Å². The summed E-state index contributed by atoms with van der Waals surface area (Å²) in [4.78, 5) is 27.9. The topological polar surface area (TPSA) is 67.9 Å². The summed E-state index contributed by atoms with van der Waals surface area (Å²) in [5, 5.41) is 2.97. The van der Waals surface area contributed by atoms with Gasteiger partial charge in [0.2, 0.25) is 5.91 Å². The van der Waals surface area contributed by atoms with E-state index < -0.39 is 6.04 Å². The largest absolute Gasteiger partial charge is 0.497 e. The van der Waals surface area contributed by atoms with Crippen LogP contribution in [0.4, 0.5) is 0 Å². The van der Waals surface area contributed by atoms with Crippen molar-refractivity contribution in [2.45, 2.75) is 59.5 Å². The van der Waals surface area contributed by atoms with Crippen LogP contribution in [-0.4, -0.2) is 43.0 Å². The fourth-order valence-electron chi connectivity index (χ4n) is 3.61. The van der Waals surface area contributed by atoms with Crippen LogP contribution < -0.4 is 14.8 Å². The molecular weight excluding hydrogens is 484 g/mol. The highest BCUT2D eigenvalue weighted by molar-refractivity contribution is 9.10. The molecule has 0 heterocycles. The summed E-state index contributed by atoms with van der Waals surface area (Å²) in [6.07, 6.45) is 2.39. The molecule has 0 fully saturated rings. The van der Waals surface area contributed by atoms with Gasteiger partial charge in [-0.1, -0.05) is 48.3 Å². The molecule has 2 aromatic carbocycles. The quantitative estimate of drug-likeness (QED) is 0.393. The number of nitrogens with zero attached hydrogens (tertiary/aromatic N) is 1. The number of methoxy groups -OCH3 is 1. The average Bonchev–Trinajstić information content (AvgIpc) is 2.81. The molecule has 1 N–H and O–H groups in total. The zero-order chi connectivity index (χ0) is 24.4. The highest BCUT2D eigenvalue weighted by atomic mass is 79.9. The van der Waals surface area contributed by atoms with Crippen molar-refractivity contribution < 1.29 is 19.1 Å². The third-order valence-electron chi connectivity index (χ3n) is 5.47. The van der Waals surface area contributed by atoms with Gasteiger partial charge in [0.15, 0.2) is 6.61 Å². The predicted octanol–water partition coefficient (Wildman–Crippen LogP) is 5.18. The Hall–Kier alpha value is -2.54. The first kappa shape index (κ1) is 26.7. The summed E-state index contributed by atoms with van der Waals surface area (Å²) >= 11 is 3.55. The Morgan fingerprint density at radius 3 is 2.39 bits per heavy atom. The summed E-state index contributed by atoms with van der Waals surface area (Å²) in [5.74, 6) is 0.951. The van der Waals surface area contributed by atoms with E-state index >= 15 is 0 Å². The van der Waals surface area contributed by atoms with Gasteiger partial charge in [-0.25, -0.2) is 0 Å². The molecule has 6 nitrogen and oxygen atoms in total. The van der Waals surface area contributed by atoms with Crippen LogP contribution in [0.5, 0.6) is 11.5 Å². The maximum atomic E-state index is 13.3. The lowest BCUT2D eigenvalue weighted by Gasteiger charge is -2.30. The normalized spacial score (nSPS) is 11.6. The first-order valence-electron chi connectivity index (χ1n) is 11.4. The Labute approximate surface area is 205 Å². The second-order valence-corrected chi connectivity index (χ2v) is 8.89. The van der Waals surface area contributed by atoms with Gasteiger partial charge in [0.25, 0.3) is 5.91 Å². The van der Waals surface area contributed by atoms with Crippen molar-refractivity contribution in [2.75, 3.05) is 20.3 Å². The second kappa shape index (κ2) is 13.2. The van der Waals surface area contributed by atoms with Crippen molar-refractivity contribution in [3.05, 3.63) is 57.6 Å². The van der Waals surface area contributed by atoms with Crippen LogP contribution in [0.2, 0.25) is 0 Å². The molecule has 7 heteroatoms. The Morgan fingerprint density at radius 2 is 1.79 bits per heavy atom. The van der Waals surface area contributed by atoms with E-state index in [9.17, 15) is 9.59 Å². The van der Waals surface area contributed by atoms with Crippen LogP contribution >= 0.6 is 15.9 Å². The summed E-state index contributed by atoms with van der Waals surface area (Å²) in [6, 6.07) is 10.7. The van der Waals surface area contributed by atoms with E-state index in [1.807, 2.05) is 57.2 Å². The van der Waals surface area contributed by atoms with Gasteiger partial charge in [-0.2, -0.15) is 0 Å². The third kappa shape index (κ3) is 7.77. The van der Waals surface area contributed by atoms with Crippen LogP contribution in [0.1, 0.15) is 49.8 Å². The van der Waals surface area contributed by atoms with Crippen molar-refractivity contribution >= 4 is 27.7 Å². The molecule has 1 unspecified atom stereocenters. The summed E-state index contributed by atoms with van der Waals surface area (Å²) in [5.41, 5.74) is 2.96. The minimum atomic E-state index is -0.586. The molecule has 2 rings (SSSR count). The molecule has 0 saturated carbocycles. The Bertz CT molecular complexity index is 925. The summed E-state index contributed by atoms with van der Waals surface area (Å²) in [7, 11) is 1.61. The molecule has 33 heavy (non-hydrogen) atoms. The molecule has 0 aromatic heterocycles. The number of hydrogen-bond acceptors (Lipinski definition) is 4. The van der Waals surface area contributed by atoms with Crippen LogP contribution in [0, 0.1) is 13.8 Å². The summed E-state index contributed by atoms with van der Waals surface area (Å²) < 4.78 is 12.2. The van der Waals surface area contributed by atoms with E-state index in [0.29, 0.717) is 24.5 Å². The smallest absolute Gasteiger partial charge is 0.261 e. The van der Waals surface area contributed by atoms with Gasteiger partial charge in [0.05, 0.1) is 7.11 Å². The molecule has 2 amide bonds. The van der Waals surface area contributed by atoms with Gasteiger partial charge in [-0.3, -0.25) is 9.59 Å². The lowest BCUT2D eigenvalue weighted by atomic mass is 10.1. The minimum Gasteiger partial charge on any atom is -0.497 e. The van der Waals surface area contributed by atoms with E-state index in [4.69, 9.17) is 9.47 Å². The molecule has 180 valence electrons. The van der Waals surface area contributed by atoms with Crippen molar-refractivity contribution in [3.63, 3.8) is 0 Å². The van der Waals surface area contributed by atoms with Gasteiger partial charge in [-0.05, 0) is 67.6 Å². The Kier molecular flexibility index (Phi) is 10.7. The van der Waals surface area contributed by atoms with E-state index in [1.54, 1.807) is 12.0 Å². The molecule has 2 aromatic rings. The Balaban J connectivity index is 2.23. The first-order chi connectivity index (χ1) is 15.8. The molecule has 0 spiro atoms. The molecule has 0 aliphatic carbocycles. The van der Waals surface area contributed by atoms with Crippen molar-refractivity contribution in [2.24, 2.45) is 0 Å². The van der Waals surface area contributed by atoms with Gasteiger partial charge in [0, 0.05) is 17.6 Å². The number of amides is 2. The molecule has 0 radical (unpaired) electrons. The molecule has 0 saturated heterocycles. The lowest BCUT2D eigenvalue weighted by molar-refractivity contribution is -0.143. The highest BCUT2D eigenvalue weighted by Gasteiger charge is 2.29. The Morgan fingerprint density at radius 1 is 1.09 bits per heavy atom. The highest BCUT2D eigenvalue weighted by Crippen LogP contribution is 2.26. The second-order valence-electron chi connectivity index (χ2n) is 8.10. The number of carbonyl (C=O) groups is 2. The van der Waals surface area contributed by atoms with E-state index in [0.717, 1.165) is 34.0 Å². The van der Waals surface area contributed by atoms with Gasteiger partial charge >= 0.3 is 0 Å². The number of unbranched alkanes of at least 4 members (excludes halogenated alkanes) is 1. The van der Waals surface area contributed by atoms with Crippen molar-refractivity contribution in [3.8, 4) is 11.5 Å². The zero-order valence-electron chi connectivity index (χ0n) is 20.2. The maximum absolute atomic E-state index is 13.3. The average molecular weight is 519 g/mol. The van der Waals surface area contributed by atoms with E-state index in [2.05, 4.69) is 28.2 Å². The number of nitrogens with one attached hydrogen (secondary N) is 1. The summed E-state index contributed by atoms with van der Waals surface area (Å²) in [6.45, 7) is 8.69. The number of hydrogen-bond donors (Lipinski definition) is 1.